The van der Waals surface area contributed by atoms with E-state index in [9.17, 15) is 19.2 Å². The predicted molar refractivity (Wildman–Crippen MR) is 137 cm³/mol. The molecule has 1 aromatic heterocycles. The lowest BCUT2D eigenvalue weighted by Crippen LogP contribution is -2.67. The molecule has 38 heavy (non-hydrogen) atoms. The molecule has 0 unspecified atom stereocenters. The molecule has 3 rings (SSSR count). The van der Waals surface area contributed by atoms with Crippen LogP contribution in [0.1, 0.15) is 27.7 Å². The smallest absolute Gasteiger partial charge is 0.303 e. The fraction of sp³-hybridized carbons (Fsp3) is 0.500. The van der Waals surface area contributed by atoms with Crippen LogP contribution < -0.4 is 15.5 Å². The summed E-state index contributed by atoms with van der Waals surface area (Å²) in [4.78, 5) is 49.4. The number of carbonyl (C=O) groups is 4. The van der Waals surface area contributed by atoms with Gasteiger partial charge in [0.25, 0.3) is 0 Å². The van der Waals surface area contributed by atoms with Crippen LogP contribution in [0.2, 0.25) is 0 Å². The molecule has 1 saturated heterocycles. The Kier molecular flexibility index (Phi) is 9.58. The molecule has 0 saturated carbocycles. The Labute approximate surface area is 223 Å². The fourth-order valence-corrected chi connectivity index (χ4v) is 4.65. The number of benzene rings is 1. The van der Waals surface area contributed by atoms with E-state index in [2.05, 4.69) is 20.8 Å². The Morgan fingerprint density at radius 2 is 1.58 bits per heavy atom. The number of carbonyl (C=O) groups excluding carboxylic acids is 4. The molecule has 206 valence electrons. The lowest BCUT2D eigenvalue weighted by molar-refractivity contribution is -0.219. The predicted octanol–water partition coefficient (Wildman–Crippen LogP) is 1.34. The SMILES string of the molecule is CC(=O)N[C@@H]1[C@@H](OC(C)=O)[C@H](OC(C)=O)[C@@H](COC(C)=O)O[C@H]1Nc1nnc(-c2ccc(N(C)C)cc2)s1. The number of esters is 3. The number of rotatable bonds is 9. The van der Waals surface area contributed by atoms with Gasteiger partial charge in [0.15, 0.2) is 18.4 Å². The summed E-state index contributed by atoms with van der Waals surface area (Å²) < 4.78 is 22.1. The third-order valence-electron chi connectivity index (χ3n) is 5.44. The van der Waals surface area contributed by atoms with E-state index in [1.165, 1.54) is 39.0 Å². The van der Waals surface area contributed by atoms with E-state index >= 15 is 0 Å². The van der Waals surface area contributed by atoms with Crippen LogP contribution in [0.5, 0.6) is 0 Å². The van der Waals surface area contributed by atoms with Crippen molar-refractivity contribution in [2.45, 2.75) is 58.3 Å². The van der Waals surface area contributed by atoms with Gasteiger partial charge < -0.3 is 34.5 Å². The highest BCUT2D eigenvalue weighted by atomic mass is 32.1. The van der Waals surface area contributed by atoms with Crippen LogP contribution in [-0.4, -0.2) is 85.3 Å². The van der Waals surface area contributed by atoms with E-state index in [1.54, 1.807) is 0 Å². The van der Waals surface area contributed by atoms with Gasteiger partial charge in [0, 0.05) is 53.0 Å². The quantitative estimate of drug-likeness (QED) is 0.342. The van der Waals surface area contributed by atoms with Crippen LogP contribution in [0.3, 0.4) is 0 Å². The van der Waals surface area contributed by atoms with E-state index in [0.29, 0.717) is 10.1 Å². The number of hydrogen-bond donors (Lipinski definition) is 2. The number of nitrogens with zero attached hydrogens (tertiary/aromatic N) is 3. The summed E-state index contributed by atoms with van der Waals surface area (Å²) in [7, 11) is 3.89. The van der Waals surface area contributed by atoms with E-state index in [-0.39, 0.29) is 6.61 Å². The highest BCUT2D eigenvalue weighted by Gasteiger charge is 2.51. The second-order valence-corrected chi connectivity index (χ2v) is 9.75. The number of amides is 1. The molecule has 1 aromatic carbocycles. The average molecular weight is 550 g/mol. The minimum atomic E-state index is -1.18. The van der Waals surface area contributed by atoms with Crippen molar-refractivity contribution in [1.82, 2.24) is 15.5 Å². The summed E-state index contributed by atoms with van der Waals surface area (Å²) in [5, 5.41) is 15.2. The van der Waals surface area contributed by atoms with Crippen LogP contribution in [0.4, 0.5) is 10.8 Å². The number of ether oxygens (including phenoxy) is 4. The van der Waals surface area contributed by atoms with Gasteiger partial charge in [-0.3, -0.25) is 19.2 Å². The van der Waals surface area contributed by atoms with Gasteiger partial charge in [0.05, 0.1) is 0 Å². The highest BCUT2D eigenvalue weighted by molar-refractivity contribution is 7.18. The van der Waals surface area contributed by atoms with E-state index in [4.69, 9.17) is 18.9 Å². The molecule has 0 radical (unpaired) electrons. The molecule has 14 heteroatoms. The number of nitrogens with one attached hydrogen (secondary N) is 2. The molecule has 13 nitrogen and oxygen atoms in total. The monoisotopic (exact) mass is 549 g/mol. The summed E-state index contributed by atoms with van der Waals surface area (Å²) in [6, 6.07) is 6.76. The zero-order valence-corrected chi connectivity index (χ0v) is 22.7. The average Bonchev–Trinajstić information content (AvgIpc) is 3.29. The Morgan fingerprint density at radius 3 is 2.13 bits per heavy atom. The van der Waals surface area contributed by atoms with Crippen LogP contribution >= 0.6 is 11.3 Å². The molecular weight excluding hydrogens is 518 g/mol. The molecule has 0 aliphatic carbocycles. The molecule has 2 aromatic rings. The first-order valence-corrected chi connectivity index (χ1v) is 12.5. The summed E-state index contributed by atoms with van der Waals surface area (Å²) in [5.41, 5.74) is 1.88. The molecule has 1 aliphatic heterocycles. The standard InChI is InChI=1S/C24H31N5O8S/c1-12(30)25-19-21(36-15(4)33)20(35-14(3)32)18(11-34-13(2)31)37-22(19)26-24-28-27-23(38-24)16-7-9-17(10-8-16)29(5)6/h7-10,18-22H,11H2,1-6H3,(H,25,30)(H,26,28)/t18-,19-,20-,21-,22-/m1/s1. The van der Waals surface area contributed by atoms with Gasteiger partial charge in [0.2, 0.25) is 11.0 Å². The molecule has 2 N–H and O–H groups in total. The molecule has 1 aliphatic rings. The van der Waals surface area contributed by atoms with E-state index in [0.717, 1.165) is 11.3 Å². The first-order valence-electron chi connectivity index (χ1n) is 11.7. The second kappa shape index (κ2) is 12.6. The first kappa shape index (κ1) is 28.8. The number of hydrogen-bond acceptors (Lipinski definition) is 13. The first-order chi connectivity index (χ1) is 17.9. The van der Waals surface area contributed by atoms with Crippen molar-refractivity contribution in [1.29, 1.82) is 0 Å². The van der Waals surface area contributed by atoms with Gasteiger partial charge >= 0.3 is 17.9 Å². The number of aromatic nitrogens is 2. The molecular formula is C24H31N5O8S. The largest absolute Gasteiger partial charge is 0.463 e. The summed E-state index contributed by atoms with van der Waals surface area (Å²) in [6.45, 7) is 4.58. The van der Waals surface area contributed by atoms with Crippen molar-refractivity contribution < 1.29 is 38.1 Å². The van der Waals surface area contributed by atoms with Gasteiger partial charge in [-0.15, -0.1) is 10.2 Å². The minimum Gasteiger partial charge on any atom is -0.463 e. The van der Waals surface area contributed by atoms with Crippen molar-refractivity contribution in [3.05, 3.63) is 24.3 Å². The lowest BCUT2D eigenvalue weighted by atomic mass is 9.95. The van der Waals surface area contributed by atoms with Crippen LogP contribution in [0, 0.1) is 0 Å². The topological polar surface area (TPSA) is 158 Å². The molecule has 0 bridgehead atoms. The zero-order chi connectivity index (χ0) is 28.0. The van der Waals surface area contributed by atoms with Gasteiger partial charge in [-0.05, 0) is 24.3 Å². The maximum Gasteiger partial charge on any atom is 0.303 e. The highest BCUT2D eigenvalue weighted by Crippen LogP contribution is 2.32. The van der Waals surface area contributed by atoms with E-state index < -0.39 is 54.4 Å². The maximum absolute atomic E-state index is 12.1. The Balaban J connectivity index is 1.92. The molecule has 5 atom stereocenters. The Morgan fingerprint density at radius 1 is 0.947 bits per heavy atom. The van der Waals surface area contributed by atoms with Gasteiger partial charge in [-0.1, -0.05) is 11.3 Å². The third-order valence-corrected chi connectivity index (χ3v) is 6.34. The second-order valence-electron chi connectivity index (χ2n) is 8.77. The van der Waals surface area contributed by atoms with Crippen molar-refractivity contribution in [2.75, 3.05) is 30.9 Å². The number of anilines is 2. The third kappa shape index (κ3) is 7.61. The van der Waals surface area contributed by atoms with Crippen molar-refractivity contribution >= 4 is 46.0 Å². The maximum atomic E-state index is 12.1. The van der Waals surface area contributed by atoms with Crippen LogP contribution in [-0.2, 0) is 38.1 Å². The Bertz CT molecular complexity index is 1150. The summed E-state index contributed by atoms with van der Waals surface area (Å²) >= 11 is 1.24. The summed E-state index contributed by atoms with van der Waals surface area (Å²) in [6.07, 6.45) is -4.39. The fourth-order valence-electron chi connectivity index (χ4n) is 3.88. The van der Waals surface area contributed by atoms with Crippen LogP contribution in [0.25, 0.3) is 10.6 Å². The van der Waals surface area contributed by atoms with E-state index in [1.807, 2.05) is 43.3 Å². The van der Waals surface area contributed by atoms with Crippen LogP contribution in [0.15, 0.2) is 24.3 Å². The normalized spacial score (nSPS) is 22.6. The zero-order valence-electron chi connectivity index (χ0n) is 21.9. The van der Waals surface area contributed by atoms with Crippen molar-refractivity contribution in [2.24, 2.45) is 0 Å². The summed E-state index contributed by atoms with van der Waals surface area (Å²) in [5.74, 6) is -2.37. The molecule has 0 spiro atoms. The van der Waals surface area contributed by atoms with Gasteiger partial charge in [0.1, 0.15) is 23.8 Å². The van der Waals surface area contributed by atoms with Gasteiger partial charge in [-0.2, -0.15) is 0 Å². The minimum absolute atomic E-state index is 0.296. The molecule has 2 heterocycles. The molecule has 1 fully saturated rings. The van der Waals surface area contributed by atoms with Crippen molar-refractivity contribution in [3.63, 3.8) is 0 Å². The lowest BCUT2D eigenvalue weighted by Gasteiger charge is -2.45. The molecule has 1 amide bonds. The van der Waals surface area contributed by atoms with Crippen molar-refractivity contribution in [3.8, 4) is 10.6 Å². The van der Waals surface area contributed by atoms with Gasteiger partial charge in [-0.25, -0.2) is 0 Å². The Hall–Kier alpha value is -3.78.